The van der Waals surface area contributed by atoms with E-state index >= 15 is 0 Å². The van der Waals surface area contributed by atoms with Gasteiger partial charge in [0.05, 0.1) is 7.11 Å². The number of thiophene rings is 1. The molecule has 0 aliphatic heterocycles. The van der Waals surface area contributed by atoms with Gasteiger partial charge in [0.25, 0.3) is 0 Å². The van der Waals surface area contributed by atoms with Gasteiger partial charge in [0, 0.05) is 16.3 Å². The number of rotatable bonds is 7. The second-order valence-corrected chi connectivity index (χ2v) is 5.41. The maximum Gasteiger partial charge on any atom is 0.129 e. The molecule has 92 valence electrons. The van der Waals surface area contributed by atoms with Crippen LogP contribution < -0.4 is 10.1 Å². The number of ether oxygens (including phenoxy) is 1. The van der Waals surface area contributed by atoms with E-state index in [1.54, 1.807) is 18.4 Å². The molecule has 1 N–H and O–H groups in total. The van der Waals surface area contributed by atoms with E-state index in [9.17, 15) is 0 Å². The third-order valence-corrected chi connectivity index (χ3v) is 3.68. The van der Waals surface area contributed by atoms with Gasteiger partial charge in [-0.3, -0.25) is 0 Å². The van der Waals surface area contributed by atoms with Crippen molar-refractivity contribution in [1.29, 1.82) is 0 Å². The lowest BCUT2D eigenvalue weighted by atomic mass is 10.0. The smallest absolute Gasteiger partial charge is 0.129 e. The van der Waals surface area contributed by atoms with Crippen molar-refractivity contribution in [3.63, 3.8) is 0 Å². The van der Waals surface area contributed by atoms with Crippen molar-refractivity contribution in [1.82, 2.24) is 5.32 Å². The minimum Gasteiger partial charge on any atom is -0.496 e. The van der Waals surface area contributed by atoms with Gasteiger partial charge in [0.1, 0.15) is 5.75 Å². The molecule has 3 heteroatoms. The first-order valence-corrected chi connectivity index (χ1v) is 6.91. The predicted octanol–water partition coefficient (Wildman–Crippen LogP) is 3.84. The van der Waals surface area contributed by atoms with Gasteiger partial charge in [0.2, 0.25) is 0 Å². The molecule has 0 aliphatic rings. The van der Waals surface area contributed by atoms with Crippen LogP contribution in [0.25, 0.3) is 0 Å². The fourth-order valence-corrected chi connectivity index (χ4v) is 2.68. The topological polar surface area (TPSA) is 21.3 Å². The SMILES string of the molecule is CCNC(CCC(C)C)c1cc(OC)cs1. The molecule has 1 heterocycles. The van der Waals surface area contributed by atoms with Crippen LogP contribution in [0.1, 0.15) is 44.5 Å². The predicted molar refractivity (Wildman–Crippen MR) is 71.4 cm³/mol. The molecule has 1 aromatic heterocycles. The highest BCUT2D eigenvalue weighted by Gasteiger charge is 2.13. The van der Waals surface area contributed by atoms with Crippen LogP contribution in [-0.4, -0.2) is 13.7 Å². The summed E-state index contributed by atoms with van der Waals surface area (Å²) in [5.74, 6) is 1.75. The van der Waals surface area contributed by atoms with Gasteiger partial charge in [0.15, 0.2) is 0 Å². The van der Waals surface area contributed by atoms with Crippen LogP contribution in [0.3, 0.4) is 0 Å². The number of hydrogen-bond donors (Lipinski definition) is 1. The molecule has 16 heavy (non-hydrogen) atoms. The summed E-state index contributed by atoms with van der Waals surface area (Å²) in [6, 6.07) is 2.64. The minimum absolute atomic E-state index is 0.487. The summed E-state index contributed by atoms with van der Waals surface area (Å²) in [5, 5.41) is 5.62. The van der Waals surface area contributed by atoms with E-state index in [1.807, 2.05) is 0 Å². The minimum atomic E-state index is 0.487. The van der Waals surface area contributed by atoms with Gasteiger partial charge in [-0.1, -0.05) is 20.8 Å². The van der Waals surface area contributed by atoms with Crippen LogP contribution in [0, 0.1) is 5.92 Å². The summed E-state index contributed by atoms with van der Waals surface area (Å²) in [7, 11) is 1.72. The molecule has 1 atom stereocenters. The summed E-state index contributed by atoms with van der Waals surface area (Å²) in [5.41, 5.74) is 0. The summed E-state index contributed by atoms with van der Waals surface area (Å²) in [4.78, 5) is 1.39. The largest absolute Gasteiger partial charge is 0.496 e. The third-order valence-electron chi connectivity index (χ3n) is 2.66. The molecule has 0 saturated heterocycles. The molecule has 0 spiro atoms. The lowest BCUT2D eigenvalue weighted by molar-refractivity contribution is 0.414. The molecule has 0 saturated carbocycles. The average Bonchev–Trinajstić information content (AvgIpc) is 2.72. The van der Waals surface area contributed by atoms with Crippen LogP contribution in [0.4, 0.5) is 0 Å². The standard InChI is InChI=1S/C13H23NOS/c1-5-14-12(7-6-10(2)3)13-8-11(15-4)9-16-13/h8-10,12,14H,5-7H2,1-4H3. The van der Waals surface area contributed by atoms with Crippen molar-refractivity contribution in [2.24, 2.45) is 5.92 Å². The highest BCUT2D eigenvalue weighted by atomic mass is 32.1. The molecule has 0 fully saturated rings. The lowest BCUT2D eigenvalue weighted by Gasteiger charge is -2.17. The van der Waals surface area contributed by atoms with E-state index in [2.05, 4.69) is 37.5 Å². The van der Waals surface area contributed by atoms with Crippen molar-refractivity contribution >= 4 is 11.3 Å². The first kappa shape index (κ1) is 13.5. The Kier molecular flexibility index (Phi) is 5.85. The number of methoxy groups -OCH3 is 1. The zero-order valence-electron chi connectivity index (χ0n) is 10.7. The number of hydrogen-bond acceptors (Lipinski definition) is 3. The lowest BCUT2D eigenvalue weighted by Crippen LogP contribution is -2.20. The maximum atomic E-state index is 5.23. The molecule has 0 bridgehead atoms. The summed E-state index contributed by atoms with van der Waals surface area (Å²) >= 11 is 1.79. The molecule has 1 aromatic rings. The molecule has 1 rings (SSSR count). The van der Waals surface area contributed by atoms with Crippen molar-refractivity contribution in [3.05, 3.63) is 16.3 Å². The Morgan fingerprint density at radius 1 is 1.38 bits per heavy atom. The van der Waals surface area contributed by atoms with E-state index < -0.39 is 0 Å². The highest BCUT2D eigenvalue weighted by Crippen LogP contribution is 2.30. The van der Waals surface area contributed by atoms with Crippen LogP contribution in [0.2, 0.25) is 0 Å². The molecule has 0 aliphatic carbocycles. The van der Waals surface area contributed by atoms with Crippen LogP contribution >= 0.6 is 11.3 Å². The molecule has 0 radical (unpaired) electrons. The monoisotopic (exact) mass is 241 g/mol. The van der Waals surface area contributed by atoms with Crippen LogP contribution in [0.5, 0.6) is 5.75 Å². The molecular weight excluding hydrogens is 218 g/mol. The fraction of sp³-hybridized carbons (Fsp3) is 0.692. The second kappa shape index (κ2) is 6.92. The van der Waals surface area contributed by atoms with E-state index in [1.165, 1.54) is 17.7 Å². The van der Waals surface area contributed by atoms with Crippen molar-refractivity contribution < 1.29 is 4.74 Å². The van der Waals surface area contributed by atoms with Gasteiger partial charge in [-0.25, -0.2) is 0 Å². The Hall–Kier alpha value is -0.540. The first-order chi connectivity index (χ1) is 7.67. The Morgan fingerprint density at radius 3 is 2.62 bits per heavy atom. The average molecular weight is 241 g/mol. The maximum absolute atomic E-state index is 5.23. The second-order valence-electron chi connectivity index (χ2n) is 4.47. The Morgan fingerprint density at radius 2 is 2.12 bits per heavy atom. The van der Waals surface area contributed by atoms with Crippen molar-refractivity contribution in [2.75, 3.05) is 13.7 Å². The zero-order valence-corrected chi connectivity index (χ0v) is 11.6. The van der Waals surface area contributed by atoms with Gasteiger partial charge in [-0.15, -0.1) is 11.3 Å². The number of nitrogens with one attached hydrogen (secondary N) is 1. The molecule has 0 aromatic carbocycles. The van der Waals surface area contributed by atoms with Crippen molar-refractivity contribution in [2.45, 2.75) is 39.7 Å². The Balaban J connectivity index is 2.60. The molecular formula is C13H23NOS. The molecule has 0 amide bonds. The van der Waals surface area contributed by atoms with E-state index in [0.29, 0.717) is 6.04 Å². The van der Waals surface area contributed by atoms with E-state index in [0.717, 1.165) is 18.2 Å². The summed E-state index contributed by atoms with van der Waals surface area (Å²) < 4.78 is 5.23. The van der Waals surface area contributed by atoms with E-state index in [-0.39, 0.29) is 0 Å². The molecule has 2 nitrogen and oxygen atoms in total. The summed E-state index contributed by atoms with van der Waals surface area (Å²) in [6.07, 6.45) is 2.47. The van der Waals surface area contributed by atoms with Gasteiger partial charge in [-0.05, 0) is 31.4 Å². The normalized spacial score (nSPS) is 13.1. The zero-order chi connectivity index (χ0) is 12.0. The first-order valence-electron chi connectivity index (χ1n) is 6.03. The Labute approximate surface area is 103 Å². The van der Waals surface area contributed by atoms with E-state index in [4.69, 9.17) is 4.74 Å². The highest BCUT2D eigenvalue weighted by molar-refractivity contribution is 7.10. The molecule has 1 unspecified atom stereocenters. The van der Waals surface area contributed by atoms with Gasteiger partial charge >= 0.3 is 0 Å². The Bertz CT molecular complexity index is 296. The third kappa shape index (κ3) is 4.14. The van der Waals surface area contributed by atoms with Crippen LogP contribution in [-0.2, 0) is 0 Å². The van der Waals surface area contributed by atoms with Crippen LogP contribution in [0.15, 0.2) is 11.4 Å². The summed E-state index contributed by atoms with van der Waals surface area (Å²) in [6.45, 7) is 7.73. The fourth-order valence-electron chi connectivity index (χ4n) is 1.72. The van der Waals surface area contributed by atoms with Gasteiger partial charge in [-0.2, -0.15) is 0 Å². The quantitative estimate of drug-likeness (QED) is 0.783. The van der Waals surface area contributed by atoms with Gasteiger partial charge < -0.3 is 10.1 Å². The van der Waals surface area contributed by atoms with Crippen molar-refractivity contribution in [3.8, 4) is 5.75 Å².